The van der Waals surface area contributed by atoms with Crippen LogP contribution in [-0.4, -0.2) is 37.6 Å². The fourth-order valence-corrected chi connectivity index (χ4v) is 2.53. The Hall–Kier alpha value is -2.24. The Kier molecular flexibility index (Phi) is 8.79. The van der Waals surface area contributed by atoms with Crippen LogP contribution in [0.3, 0.4) is 0 Å². The van der Waals surface area contributed by atoms with E-state index in [4.69, 9.17) is 10.5 Å². The van der Waals surface area contributed by atoms with E-state index in [-0.39, 0.29) is 12.5 Å². The number of hydrogen-bond donors (Lipinski definition) is 3. The second-order valence-electron chi connectivity index (χ2n) is 6.78. The second-order valence-corrected chi connectivity index (χ2v) is 6.78. The average molecular weight is 361 g/mol. The SMILES string of the molecule is CCCCCCN=C(N)NCCc1ccc(OCC(=O)NC2CC2)cc1. The molecule has 0 aliphatic heterocycles. The molecule has 6 nitrogen and oxygen atoms in total. The quantitative estimate of drug-likeness (QED) is 0.303. The third kappa shape index (κ3) is 8.74. The number of amides is 1. The summed E-state index contributed by atoms with van der Waals surface area (Å²) in [5.41, 5.74) is 7.05. The molecule has 26 heavy (non-hydrogen) atoms. The van der Waals surface area contributed by atoms with Crippen molar-refractivity contribution in [2.45, 2.75) is 57.9 Å². The molecule has 1 aromatic carbocycles. The molecule has 1 saturated carbocycles. The van der Waals surface area contributed by atoms with Crippen LogP contribution in [0.4, 0.5) is 0 Å². The third-order valence-electron chi connectivity index (χ3n) is 4.25. The molecule has 0 heterocycles. The minimum Gasteiger partial charge on any atom is -0.484 e. The highest BCUT2D eigenvalue weighted by Gasteiger charge is 2.23. The van der Waals surface area contributed by atoms with Crippen LogP contribution in [0.5, 0.6) is 5.75 Å². The smallest absolute Gasteiger partial charge is 0.258 e. The van der Waals surface area contributed by atoms with Gasteiger partial charge in [-0.2, -0.15) is 0 Å². The van der Waals surface area contributed by atoms with E-state index in [1.54, 1.807) is 0 Å². The van der Waals surface area contributed by atoms with Crippen molar-refractivity contribution in [1.82, 2.24) is 10.6 Å². The monoisotopic (exact) mass is 360 g/mol. The van der Waals surface area contributed by atoms with Gasteiger partial charge in [0.05, 0.1) is 0 Å². The lowest BCUT2D eigenvalue weighted by Gasteiger charge is -2.08. The Balaban J connectivity index is 1.59. The summed E-state index contributed by atoms with van der Waals surface area (Å²) in [5, 5.41) is 6.05. The lowest BCUT2D eigenvalue weighted by molar-refractivity contribution is -0.123. The lowest BCUT2D eigenvalue weighted by Crippen LogP contribution is -2.33. The van der Waals surface area contributed by atoms with Crippen molar-refractivity contribution in [2.75, 3.05) is 19.7 Å². The van der Waals surface area contributed by atoms with Gasteiger partial charge in [0.15, 0.2) is 12.6 Å². The molecule has 0 saturated heterocycles. The largest absolute Gasteiger partial charge is 0.484 e. The van der Waals surface area contributed by atoms with Gasteiger partial charge in [0.25, 0.3) is 5.91 Å². The molecular formula is C20H32N4O2. The number of nitrogens with one attached hydrogen (secondary N) is 2. The van der Waals surface area contributed by atoms with Gasteiger partial charge in [-0.3, -0.25) is 9.79 Å². The van der Waals surface area contributed by atoms with Crippen LogP contribution in [0.25, 0.3) is 0 Å². The summed E-state index contributed by atoms with van der Waals surface area (Å²) in [6, 6.07) is 8.17. The molecular weight excluding hydrogens is 328 g/mol. The van der Waals surface area contributed by atoms with Crippen LogP contribution >= 0.6 is 0 Å². The van der Waals surface area contributed by atoms with Crippen LogP contribution in [0.2, 0.25) is 0 Å². The normalized spacial score (nSPS) is 14.1. The first kappa shape index (κ1) is 20.1. The highest BCUT2D eigenvalue weighted by Crippen LogP contribution is 2.18. The van der Waals surface area contributed by atoms with Gasteiger partial charge in [-0.1, -0.05) is 38.3 Å². The lowest BCUT2D eigenvalue weighted by atomic mass is 10.1. The van der Waals surface area contributed by atoms with Gasteiger partial charge in [0.1, 0.15) is 5.75 Å². The van der Waals surface area contributed by atoms with Crippen molar-refractivity contribution < 1.29 is 9.53 Å². The maximum atomic E-state index is 11.6. The minimum absolute atomic E-state index is 0.0507. The highest BCUT2D eigenvalue weighted by atomic mass is 16.5. The molecule has 0 bridgehead atoms. The van der Waals surface area contributed by atoms with Crippen LogP contribution in [-0.2, 0) is 11.2 Å². The molecule has 144 valence electrons. The van der Waals surface area contributed by atoms with Crippen LogP contribution in [0, 0.1) is 0 Å². The fourth-order valence-electron chi connectivity index (χ4n) is 2.53. The number of hydrogen-bond acceptors (Lipinski definition) is 3. The molecule has 1 fully saturated rings. The number of rotatable bonds is 12. The maximum Gasteiger partial charge on any atom is 0.258 e. The van der Waals surface area contributed by atoms with Crippen molar-refractivity contribution >= 4 is 11.9 Å². The molecule has 4 N–H and O–H groups in total. The van der Waals surface area contributed by atoms with Crippen molar-refractivity contribution in [1.29, 1.82) is 0 Å². The van der Waals surface area contributed by atoms with Gasteiger partial charge in [-0.15, -0.1) is 0 Å². The zero-order valence-corrected chi connectivity index (χ0v) is 15.8. The van der Waals surface area contributed by atoms with Crippen LogP contribution in [0.15, 0.2) is 29.3 Å². The van der Waals surface area contributed by atoms with Gasteiger partial charge in [-0.05, 0) is 43.4 Å². The van der Waals surface area contributed by atoms with Gasteiger partial charge in [0.2, 0.25) is 0 Å². The van der Waals surface area contributed by atoms with Crippen molar-refractivity contribution in [3.8, 4) is 5.75 Å². The van der Waals surface area contributed by atoms with Gasteiger partial charge >= 0.3 is 0 Å². The van der Waals surface area contributed by atoms with Crippen molar-refractivity contribution in [2.24, 2.45) is 10.7 Å². The number of unbranched alkanes of at least 4 members (excludes halogenated alkanes) is 3. The first-order valence-corrected chi connectivity index (χ1v) is 9.72. The Morgan fingerprint density at radius 2 is 2.00 bits per heavy atom. The molecule has 1 aromatic rings. The van der Waals surface area contributed by atoms with Gasteiger partial charge in [-0.25, -0.2) is 0 Å². The molecule has 1 aliphatic carbocycles. The predicted molar refractivity (Wildman–Crippen MR) is 105 cm³/mol. The summed E-state index contributed by atoms with van der Waals surface area (Å²) < 4.78 is 5.50. The van der Waals surface area contributed by atoms with E-state index in [2.05, 4.69) is 22.5 Å². The summed E-state index contributed by atoms with van der Waals surface area (Å²) in [6.45, 7) is 3.81. The summed E-state index contributed by atoms with van der Waals surface area (Å²) in [7, 11) is 0. The van der Waals surface area contributed by atoms with E-state index < -0.39 is 0 Å². The van der Waals surface area contributed by atoms with Gasteiger partial charge < -0.3 is 21.1 Å². The summed E-state index contributed by atoms with van der Waals surface area (Å²) in [4.78, 5) is 15.9. The second kappa shape index (κ2) is 11.4. The number of nitrogens with zero attached hydrogens (tertiary/aromatic N) is 1. The number of carbonyl (C=O) groups is 1. The average Bonchev–Trinajstić information content (AvgIpc) is 3.45. The third-order valence-corrected chi connectivity index (χ3v) is 4.25. The molecule has 1 amide bonds. The molecule has 0 unspecified atom stereocenters. The maximum absolute atomic E-state index is 11.6. The Morgan fingerprint density at radius 1 is 1.23 bits per heavy atom. The summed E-state index contributed by atoms with van der Waals surface area (Å²) >= 11 is 0. The zero-order valence-electron chi connectivity index (χ0n) is 15.8. The first-order valence-electron chi connectivity index (χ1n) is 9.72. The number of ether oxygens (including phenoxy) is 1. The Labute approximate surface area is 156 Å². The summed E-state index contributed by atoms with van der Waals surface area (Å²) in [6.07, 6.45) is 7.82. The van der Waals surface area contributed by atoms with Gasteiger partial charge in [0, 0.05) is 19.1 Å². The number of nitrogens with two attached hydrogens (primary N) is 1. The fraction of sp³-hybridized carbons (Fsp3) is 0.600. The number of guanidine groups is 1. The van der Waals surface area contributed by atoms with E-state index >= 15 is 0 Å². The van der Waals surface area contributed by atoms with Crippen LogP contribution < -0.4 is 21.1 Å². The Bertz CT molecular complexity index is 568. The molecule has 0 spiro atoms. The molecule has 6 heteroatoms. The number of aliphatic imine (C=N–C) groups is 1. The molecule has 0 atom stereocenters. The Morgan fingerprint density at radius 3 is 2.69 bits per heavy atom. The standard InChI is InChI=1S/C20H32N4O2/c1-2-3-4-5-13-22-20(21)23-14-12-16-6-10-18(11-7-16)26-15-19(25)24-17-8-9-17/h6-7,10-11,17H,2-5,8-9,12-15H2,1H3,(H,24,25)(H3,21,22,23). The molecule has 0 radical (unpaired) electrons. The topological polar surface area (TPSA) is 88.7 Å². The van der Waals surface area contributed by atoms with Crippen LogP contribution in [0.1, 0.15) is 51.0 Å². The zero-order chi connectivity index (χ0) is 18.6. The van der Waals surface area contributed by atoms with E-state index in [0.29, 0.717) is 17.8 Å². The van der Waals surface area contributed by atoms with E-state index in [1.807, 2.05) is 24.3 Å². The predicted octanol–water partition coefficient (Wildman–Crippen LogP) is 2.37. The highest BCUT2D eigenvalue weighted by molar-refractivity contribution is 5.78. The van der Waals surface area contributed by atoms with Crippen molar-refractivity contribution in [3.63, 3.8) is 0 Å². The van der Waals surface area contributed by atoms with E-state index in [9.17, 15) is 4.79 Å². The van der Waals surface area contributed by atoms with Crippen molar-refractivity contribution in [3.05, 3.63) is 29.8 Å². The first-order chi connectivity index (χ1) is 12.7. The molecule has 1 aliphatic rings. The summed E-state index contributed by atoms with van der Waals surface area (Å²) in [5.74, 6) is 1.18. The van der Waals surface area contributed by atoms with E-state index in [0.717, 1.165) is 38.8 Å². The molecule has 2 rings (SSSR count). The van der Waals surface area contributed by atoms with E-state index in [1.165, 1.54) is 24.8 Å². The molecule has 0 aromatic heterocycles. The number of carbonyl (C=O) groups excluding carboxylic acids is 1. The minimum atomic E-state index is -0.0507. The number of benzene rings is 1.